The summed E-state index contributed by atoms with van der Waals surface area (Å²) in [6.45, 7) is 4.04. The van der Waals surface area contributed by atoms with Crippen molar-refractivity contribution in [3.8, 4) is 22.6 Å². The molecule has 0 bridgehead atoms. The SMILES string of the molecule is Cc1ncc(-c2ccn3c(-c4cccc(NC5CCCNC5)n4)cnc3c2)[nH]1. The van der Waals surface area contributed by atoms with Crippen LogP contribution in [0.1, 0.15) is 18.7 Å². The smallest absolute Gasteiger partial charge is 0.137 e. The predicted octanol–water partition coefficient (Wildman–Crippen LogP) is 3.26. The third-order valence-corrected chi connectivity index (χ3v) is 5.19. The van der Waals surface area contributed by atoms with Gasteiger partial charge in [0.15, 0.2) is 0 Å². The van der Waals surface area contributed by atoms with Crippen LogP contribution in [0.5, 0.6) is 0 Å². The Bertz CT molecular complexity index is 1100. The van der Waals surface area contributed by atoms with Gasteiger partial charge in [0.1, 0.15) is 17.3 Å². The summed E-state index contributed by atoms with van der Waals surface area (Å²) in [6, 6.07) is 10.7. The number of anilines is 1. The number of pyridine rings is 2. The van der Waals surface area contributed by atoms with E-state index in [2.05, 4.69) is 42.1 Å². The van der Waals surface area contributed by atoms with Gasteiger partial charge in [0.2, 0.25) is 0 Å². The van der Waals surface area contributed by atoms with Crippen LogP contribution in [0.15, 0.2) is 48.9 Å². The van der Waals surface area contributed by atoms with Crippen molar-refractivity contribution in [3.63, 3.8) is 0 Å². The van der Waals surface area contributed by atoms with E-state index in [4.69, 9.17) is 4.98 Å². The van der Waals surface area contributed by atoms with Gasteiger partial charge in [0.25, 0.3) is 0 Å². The number of imidazole rings is 2. The van der Waals surface area contributed by atoms with Gasteiger partial charge in [-0.25, -0.2) is 15.0 Å². The molecule has 1 saturated heterocycles. The molecule has 28 heavy (non-hydrogen) atoms. The largest absolute Gasteiger partial charge is 0.366 e. The number of nitrogens with zero attached hydrogens (tertiary/aromatic N) is 4. The molecular weight excluding hydrogens is 350 g/mol. The molecule has 4 aromatic rings. The van der Waals surface area contributed by atoms with Crippen LogP contribution in [0.3, 0.4) is 0 Å². The Balaban J connectivity index is 1.45. The fourth-order valence-electron chi connectivity index (χ4n) is 3.75. The highest BCUT2D eigenvalue weighted by Gasteiger charge is 2.14. The first-order chi connectivity index (χ1) is 13.8. The monoisotopic (exact) mass is 373 g/mol. The number of piperidine rings is 1. The highest BCUT2D eigenvalue weighted by molar-refractivity contribution is 5.68. The third-order valence-electron chi connectivity index (χ3n) is 5.19. The van der Waals surface area contributed by atoms with E-state index in [1.165, 1.54) is 12.8 Å². The second kappa shape index (κ2) is 7.09. The van der Waals surface area contributed by atoms with Crippen LogP contribution in [0, 0.1) is 6.92 Å². The molecule has 1 aliphatic heterocycles. The molecule has 142 valence electrons. The van der Waals surface area contributed by atoms with E-state index in [9.17, 15) is 0 Å². The van der Waals surface area contributed by atoms with Crippen LogP contribution in [-0.2, 0) is 0 Å². The average Bonchev–Trinajstić information content (AvgIpc) is 3.35. The minimum atomic E-state index is 0.430. The van der Waals surface area contributed by atoms with Crippen LogP contribution in [0.4, 0.5) is 5.82 Å². The molecule has 0 aromatic carbocycles. The van der Waals surface area contributed by atoms with E-state index in [0.717, 1.165) is 53.0 Å². The molecule has 0 saturated carbocycles. The topological polar surface area (TPSA) is 82.9 Å². The summed E-state index contributed by atoms with van der Waals surface area (Å²) in [6.07, 6.45) is 8.14. The van der Waals surface area contributed by atoms with Crippen molar-refractivity contribution in [2.24, 2.45) is 0 Å². The van der Waals surface area contributed by atoms with Gasteiger partial charge >= 0.3 is 0 Å². The maximum Gasteiger partial charge on any atom is 0.137 e. The van der Waals surface area contributed by atoms with Gasteiger partial charge in [-0.2, -0.15) is 0 Å². The van der Waals surface area contributed by atoms with E-state index < -0.39 is 0 Å². The summed E-state index contributed by atoms with van der Waals surface area (Å²) < 4.78 is 2.07. The number of H-pyrrole nitrogens is 1. The van der Waals surface area contributed by atoms with E-state index in [1.807, 2.05) is 43.7 Å². The third kappa shape index (κ3) is 3.25. The summed E-state index contributed by atoms with van der Waals surface area (Å²) in [4.78, 5) is 17.0. The molecule has 5 heterocycles. The molecule has 5 rings (SSSR count). The molecule has 0 radical (unpaired) electrons. The lowest BCUT2D eigenvalue weighted by Crippen LogP contribution is -2.38. The first kappa shape index (κ1) is 16.9. The quantitative estimate of drug-likeness (QED) is 0.511. The van der Waals surface area contributed by atoms with Crippen LogP contribution in [0.2, 0.25) is 0 Å². The average molecular weight is 373 g/mol. The molecule has 1 fully saturated rings. The van der Waals surface area contributed by atoms with Gasteiger partial charge in [-0.05, 0) is 50.6 Å². The molecule has 1 aliphatic rings. The maximum atomic E-state index is 4.83. The van der Waals surface area contributed by atoms with E-state index in [0.29, 0.717) is 6.04 Å². The Morgan fingerprint density at radius 3 is 2.96 bits per heavy atom. The van der Waals surface area contributed by atoms with Crippen LogP contribution in [-0.4, -0.2) is 43.5 Å². The summed E-state index contributed by atoms with van der Waals surface area (Å²) >= 11 is 0. The minimum Gasteiger partial charge on any atom is -0.366 e. The summed E-state index contributed by atoms with van der Waals surface area (Å²) in [5, 5.41) is 6.98. The summed E-state index contributed by atoms with van der Waals surface area (Å²) in [7, 11) is 0. The first-order valence-electron chi connectivity index (χ1n) is 9.70. The lowest BCUT2D eigenvalue weighted by Gasteiger charge is -2.24. The zero-order valence-electron chi connectivity index (χ0n) is 15.8. The number of aromatic nitrogens is 5. The van der Waals surface area contributed by atoms with Gasteiger partial charge in [0, 0.05) is 24.3 Å². The van der Waals surface area contributed by atoms with Crippen LogP contribution < -0.4 is 10.6 Å². The molecule has 0 amide bonds. The fourth-order valence-corrected chi connectivity index (χ4v) is 3.75. The Morgan fingerprint density at radius 1 is 1.18 bits per heavy atom. The number of aromatic amines is 1. The van der Waals surface area contributed by atoms with Gasteiger partial charge in [-0.1, -0.05) is 6.07 Å². The first-order valence-corrected chi connectivity index (χ1v) is 9.70. The summed E-state index contributed by atoms with van der Waals surface area (Å²) in [5.41, 5.74) is 4.84. The molecule has 1 unspecified atom stereocenters. The summed E-state index contributed by atoms with van der Waals surface area (Å²) in [5.74, 6) is 1.81. The van der Waals surface area contributed by atoms with Gasteiger partial charge < -0.3 is 15.6 Å². The minimum absolute atomic E-state index is 0.430. The van der Waals surface area contributed by atoms with Crippen molar-refractivity contribution in [1.29, 1.82) is 0 Å². The number of hydrogen-bond acceptors (Lipinski definition) is 5. The number of fused-ring (bicyclic) bond motifs is 1. The zero-order chi connectivity index (χ0) is 18.9. The van der Waals surface area contributed by atoms with Crippen LogP contribution >= 0.6 is 0 Å². The van der Waals surface area contributed by atoms with Crippen molar-refractivity contribution < 1.29 is 0 Å². The van der Waals surface area contributed by atoms with Crippen molar-refractivity contribution in [3.05, 3.63) is 54.7 Å². The number of hydrogen-bond donors (Lipinski definition) is 3. The Hall–Kier alpha value is -3.19. The second-order valence-electron chi connectivity index (χ2n) is 7.27. The number of rotatable bonds is 4. The number of nitrogens with one attached hydrogen (secondary N) is 3. The van der Waals surface area contributed by atoms with Crippen LogP contribution in [0.25, 0.3) is 28.3 Å². The standard InChI is InChI=1S/C21H23N7/c1-14-23-12-18(25-14)15-7-9-28-19(13-24-21(28)10-15)17-5-2-6-20(27-17)26-16-4-3-8-22-11-16/h2,5-7,9-10,12-13,16,22H,3-4,8,11H2,1H3,(H,23,25)(H,26,27). The van der Waals surface area contributed by atoms with Gasteiger partial charge in [0.05, 0.1) is 29.5 Å². The zero-order valence-corrected chi connectivity index (χ0v) is 15.8. The fraction of sp³-hybridized carbons (Fsp3) is 0.286. The molecule has 1 atom stereocenters. The second-order valence-corrected chi connectivity index (χ2v) is 7.27. The Morgan fingerprint density at radius 2 is 2.14 bits per heavy atom. The Labute approximate surface area is 163 Å². The van der Waals surface area contributed by atoms with E-state index in [-0.39, 0.29) is 0 Å². The van der Waals surface area contributed by atoms with Crippen molar-refractivity contribution >= 4 is 11.5 Å². The normalized spacial score (nSPS) is 17.1. The molecule has 0 spiro atoms. The predicted molar refractivity (Wildman–Crippen MR) is 110 cm³/mol. The maximum absolute atomic E-state index is 4.83. The lowest BCUT2D eigenvalue weighted by molar-refractivity contribution is 0.479. The molecule has 0 aliphatic carbocycles. The lowest BCUT2D eigenvalue weighted by atomic mass is 10.1. The van der Waals surface area contributed by atoms with Crippen molar-refractivity contribution in [2.75, 3.05) is 18.4 Å². The molecule has 3 N–H and O–H groups in total. The molecule has 4 aromatic heterocycles. The van der Waals surface area contributed by atoms with Gasteiger partial charge in [-0.15, -0.1) is 0 Å². The molecule has 7 nitrogen and oxygen atoms in total. The highest BCUT2D eigenvalue weighted by atomic mass is 15.1. The van der Waals surface area contributed by atoms with Gasteiger partial charge in [-0.3, -0.25) is 4.40 Å². The van der Waals surface area contributed by atoms with Crippen molar-refractivity contribution in [2.45, 2.75) is 25.8 Å². The highest BCUT2D eigenvalue weighted by Crippen LogP contribution is 2.24. The molecule has 7 heteroatoms. The van der Waals surface area contributed by atoms with Crippen molar-refractivity contribution in [1.82, 2.24) is 29.7 Å². The van der Waals surface area contributed by atoms with E-state index in [1.54, 1.807) is 0 Å². The molecular formula is C21H23N7. The Kier molecular flexibility index (Phi) is 4.29. The number of aryl methyl sites for hydroxylation is 1. The van der Waals surface area contributed by atoms with E-state index >= 15 is 0 Å².